The van der Waals surface area contributed by atoms with Crippen molar-refractivity contribution in [3.8, 4) is 11.5 Å². The SMILES string of the molecule is Nc1[nH]ncc1-c1nc(CC2CCCO2)no1. The number of rotatable bonds is 3. The Bertz CT molecular complexity index is 500. The van der Waals surface area contributed by atoms with E-state index in [1.54, 1.807) is 6.20 Å². The minimum Gasteiger partial charge on any atom is -0.383 e. The monoisotopic (exact) mass is 235 g/mol. The lowest BCUT2D eigenvalue weighted by Crippen LogP contribution is -2.09. The number of nitrogens with two attached hydrogens (primary N) is 1. The first-order chi connectivity index (χ1) is 8.33. The van der Waals surface area contributed by atoms with Gasteiger partial charge in [-0.25, -0.2) is 0 Å². The van der Waals surface area contributed by atoms with Crippen molar-refractivity contribution in [3.63, 3.8) is 0 Å². The fourth-order valence-corrected chi connectivity index (χ4v) is 1.92. The quantitative estimate of drug-likeness (QED) is 0.814. The molecule has 1 saturated heterocycles. The van der Waals surface area contributed by atoms with Crippen LogP contribution in [0.2, 0.25) is 0 Å². The molecule has 7 nitrogen and oxygen atoms in total. The van der Waals surface area contributed by atoms with E-state index in [0.29, 0.717) is 29.5 Å². The number of anilines is 1. The molecule has 3 rings (SSSR count). The van der Waals surface area contributed by atoms with Crippen molar-refractivity contribution < 1.29 is 9.26 Å². The molecular formula is C10H13N5O2. The number of nitrogens with one attached hydrogen (secondary N) is 1. The van der Waals surface area contributed by atoms with Crippen molar-refractivity contribution in [1.82, 2.24) is 20.3 Å². The standard InChI is InChI=1S/C10H13N5O2/c11-9-7(5-12-14-9)10-13-8(15-17-10)4-6-2-1-3-16-6/h5-6H,1-4H2,(H3,11,12,14). The van der Waals surface area contributed by atoms with Crippen molar-refractivity contribution in [2.24, 2.45) is 0 Å². The van der Waals surface area contributed by atoms with Gasteiger partial charge in [0.05, 0.1) is 12.3 Å². The van der Waals surface area contributed by atoms with Gasteiger partial charge in [-0.05, 0) is 12.8 Å². The molecule has 3 N–H and O–H groups in total. The third-order valence-electron chi connectivity index (χ3n) is 2.80. The van der Waals surface area contributed by atoms with Crippen LogP contribution in [0.5, 0.6) is 0 Å². The second-order valence-corrected chi connectivity index (χ2v) is 4.05. The van der Waals surface area contributed by atoms with Gasteiger partial charge in [0, 0.05) is 13.0 Å². The van der Waals surface area contributed by atoms with E-state index in [0.717, 1.165) is 19.4 Å². The van der Waals surface area contributed by atoms with E-state index in [4.69, 9.17) is 15.0 Å². The molecule has 0 aliphatic carbocycles. The third-order valence-corrected chi connectivity index (χ3v) is 2.80. The molecule has 0 spiro atoms. The first-order valence-electron chi connectivity index (χ1n) is 5.56. The van der Waals surface area contributed by atoms with Crippen LogP contribution in [-0.4, -0.2) is 33.0 Å². The molecule has 2 aromatic rings. The predicted octanol–water partition coefficient (Wildman–Crippen LogP) is 0.763. The van der Waals surface area contributed by atoms with Gasteiger partial charge < -0.3 is 15.0 Å². The molecule has 0 radical (unpaired) electrons. The van der Waals surface area contributed by atoms with E-state index >= 15 is 0 Å². The molecule has 0 saturated carbocycles. The first kappa shape index (κ1) is 10.3. The molecule has 1 atom stereocenters. The van der Waals surface area contributed by atoms with Crippen LogP contribution in [0.3, 0.4) is 0 Å². The lowest BCUT2D eigenvalue weighted by molar-refractivity contribution is 0.109. The summed E-state index contributed by atoms with van der Waals surface area (Å²) in [5.41, 5.74) is 6.31. The number of hydrogen-bond acceptors (Lipinski definition) is 6. The van der Waals surface area contributed by atoms with Crippen LogP contribution < -0.4 is 5.73 Å². The minimum atomic E-state index is 0.210. The average molecular weight is 235 g/mol. The number of H-pyrrole nitrogens is 1. The minimum absolute atomic E-state index is 0.210. The predicted molar refractivity (Wildman–Crippen MR) is 59.0 cm³/mol. The Morgan fingerprint density at radius 3 is 3.18 bits per heavy atom. The molecule has 3 heterocycles. The van der Waals surface area contributed by atoms with Gasteiger partial charge in [0.2, 0.25) is 0 Å². The first-order valence-corrected chi connectivity index (χ1v) is 5.56. The Labute approximate surface area is 97.3 Å². The maximum Gasteiger partial charge on any atom is 0.263 e. The molecule has 0 amide bonds. The summed E-state index contributed by atoms with van der Waals surface area (Å²) in [6.45, 7) is 0.823. The maximum atomic E-state index is 5.67. The Hall–Kier alpha value is -1.89. The molecule has 0 bridgehead atoms. The number of nitrogens with zero attached hydrogens (tertiary/aromatic N) is 3. The van der Waals surface area contributed by atoms with E-state index in [2.05, 4.69) is 20.3 Å². The molecule has 90 valence electrons. The van der Waals surface area contributed by atoms with Gasteiger partial charge in [-0.3, -0.25) is 5.10 Å². The fraction of sp³-hybridized carbons (Fsp3) is 0.500. The van der Waals surface area contributed by atoms with E-state index in [-0.39, 0.29) is 6.10 Å². The second kappa shape index (κ2) is 4.17. The lowest BCUT2D eigenvalue weighted by Gasteiger charge is -2.03. The van der Waals surface area contributed by atoms with Gasteiger partial charge >= 0.3 is 0 Å². The van der Waals surface area contributed by atoms with Crippen molar-refractivity contribution >= 4 is 5.82 Å². The van der Waals surface area contributed by atoms with E-state index < -0.39 is 0 Å². The fourth-order valence-electron chi connectivity index (χ4n) is 1.92. The molecule has 1 aliphatic heterocycles. The molecule has 0 aromatic carbocycles. The zero-order chi connectivity index (χ0) is 11.7. The van der Waals surface area contributed by atoms with Gasteiger partial charge in [0.15, 0.2) is 5.82 Å². The Morgan fingerprint density at radius 2 is 2.47 bits per heavy atom. The summed E-state index contributed by atoms with van der Waals surface area (Å²) < 4.78 is 10.7. The Kier molecular flexibility index (Phi) is 2.52. The highest BCUT2D eigenvalue weighted by molar-refractivity contribution is 5.65. The second-order valence-electron chi connectivity index (χ2n) is 4.05. The highest BCUT2D eigenvalue weighted by Crippen LogP contribution is 2.22. The van der Waals surface area contributed by atoms with Crippen molar-refractivity contribution in [2.45, 2.75) is 25.4 Å². The highest BCUT2D eigenvalue weighted by atomic mass is 16.5. The normalized spacial score (nSPS) is 19.9. The number of aromatic amines is 1. The summed E-state index contributed by atoms with van der Waals surface area (Å²) in [7, 11) is 0. The summed E-state index contributed by atoms with van der Waals surface area (Å²) >= 11 is 0. The van der Waals surface area contributed by atoms with E-state index in [9.17, 15) is 0 Å². The zero-order valence-electron chi connectivity index (χ0n) is 9.22. The van der Waals surface area contributed by atoms with Crippen molar-refractivity contribution in [3.05, 3.63) is 12.0 Å². The topological polar surface area (TPSA) is 103 Å². The van der Waals surface area contributed by atoms with Crippen LogP contribution in [0.1, 0.15) is 18.7 Å². The largest absolute Gasteiger partial charge is 0.383 e. The molecule has 7 heteroatoms. The van der Waals surface area contributed by atoms with E-state index in [1.165, 1.54) is 0 Å². The van der Waals surface area contributed by atoms with Crippen LogP contribution >= 0.6 is 0 Å². The number of aromatic nitrogens is 4. The summed E-state index contributed by atoms with van der Waals surface area (Å²) in [6.07, 6.45) is 4.61. The Morgan fingerprint density at radius 1 is 1.53 bits per heavy atom. The molecule has 2 aromatic heterocycles. The molecule has 17 heavy (non-hydrogen) atoms. The summed E-state index contributed by atoms with van der Waals surface area (Å²) in [6, 6.07) is 0. The smallest absolute Gasteiger partial charge is 0.263 e. The van der Waals surface area contributed by atoms with Gasteiger partial charge in [-0.1, -0.05) is 5.16 Å². The van der Waals surface area contributed by atoms with Gasteiger partial charge in [0.1, 0.15) is 11.4 Å². The number of hydrogen-bond donors (Lipinski definition) is 2. The molecule has 1 aliphatic rings. The van der Waals surface area contributed by atoms with E-state index in [1.807, 2.05) is 0 Å². The van der Waals surface area contributed by atoms with Crippen LogP contribution in [0, 0.1) is 0 Å². The summed E-state index contributed by atoms with van der Waals surface area (Å²) in [5, 5.41) is 10.3. The van der Waals surface area contributed by atoms with Gasteiger partial charge in [0.25, 0.3) is 5.89 Å². The van der Waals surface area contributed by atoms with Crippen molar-refractivity contribution in [2.75, 3.05) is 12.3 Å². The summed E-state index contributed by atoms with van der Waals surface area (Å²) in [5.74, 6) is 1.47. The average Bonchev–Trinajstić information content (AvgIpc) is 3.00. The molecule has 1 unspecified atom stereocenters. The number of ether oxygens (including phenoxy) is 1. The lowest BCUT2D eigenvalue weighted by atomic mass is 10.2. The van der Waals surface area contributed by atoms with Crippen LogP contribution in [0.15, 0.2) is 10.7 Å². The van der Waals surface area contributed by atoms with Crippen LogP contribution in [-0.2, 0) is 11.2 Å². The molecular weight excluding hydrogens is 222 g/mol. The number of nitrogen functional groups attached to an aromatic ring is 1. The maximum absolute atomic E-state index is 5.67. The molecule has 1 fully saturated rings. The van der Waals surface area contributed by atoms with Crippen LogP contribution in [0.4, 0.5) is 5.82 Å². The van der Waals surface area contributed by atoms with Crippen LogP contribution in [0.25, 0.3) is 11.5 Å². The third kappa shape index (κ3) is 2.01. The zero-order valence-corrected chi connectivity index (χ0v) is 9.22. The Balaban J connectivity index is 1.76. The highest BCUT2D eigenvalue weighted by Gasteiger charge is 2.20. The van der Waals surface area contributed by atoms with Gasteiger partial charge in [-0.2, -0.15) is 10.1 Å². The van der Waals surface area contributed by atoms with Gasteiger partial charge in [-0.15, -0.1) is 0 Å². The van der Waals surface area contributed by atoms with Crippen molar-refractivity contribution in [1.29, 1.82) is 0 Å². The summed E-state index contributed by atoms with van der Waals surface area (Å²) in [4.78, 5) is 4.28.